The molecule has 4 rings (SSSR count). The van der Waals surface area contributed by atoms with Gasteiger partial charge in [0.2, 0.25) is 0 Å². The molecule has 1 aliphatic heterocycles. The Balaban J connectivity index is 1.75. The summed E-state index contributed by atoms with van der Waals surface area (Å²) < 4.78 is 12.8. The van der Waals surface area contributed by atoms with E-state index in [0.717, 1.165) is 47.4 Å². The van der Waals surface area contributed by atoms with Gasteiger partial charge in [-0.25, -0.2) is 9.97 Å². The lowest BCUT2D eigenvalue weighted by Gasteiger charge is -2.19. The van der Waals surface area contributed by atoms with Gasteiger partial charge in [0.1, 0.15) is 29.3 Å². The first-order chi connectivity index (χ1) is 15.0. The highest BCUT2D eigenvalue weighted by molar-refractivity contribution is 5.92. The van der Waals surface area contributed by atoms with Gasteiger partial charge in [0, 0.05) is 36.6 Å². The molecule has 2 N–H and O–H groups in total. The Morgan fingerprint density at radius 2 is 1.94 bits per heavy atom. The van der Waals surface area contributed by atoms with Crippen molar-refractivity contribution in [2.45, 2.75) is 12.5 Å². The number of methoxy groups -OCH3 is 2. The van der Waals surface area contributed by atoms with E-state index < -0.39 is 0 Å². The van der Waals surface area contributed by atoms with E-state index in [9.17, 15) is 0 Å². The molecule has 1 aromatic carbocycles. The molecule has 0 saturated carbocycles. The number of ether oxygens (including phenoxy) is 2. The Morgan fingerprint density at radius 3 is 2.61 bits per heavy atom. The van der Waals surface area contributed by atoms with Crippen LogP contribution in [0.3, 0.4) is 0 Å². The summed E-state index contributed by atoms with van der Waals surface area (Å²) >= 11 is 0. The molecule has 1 saturated heterocycles. The number of hydrogen-bond acceptors (Lipinski definition) is 6. The molecule has 1 atom stereocenters. The van der Waals surface area contributed by atoms with E-state index in [0.29, 0.717) is 17.3 Å². The van der Waals surface area contributed by atoms with Crippen molar-refractivity contribution in [2.24, 2.45) is 0 Å². The Hall–Kier alpha value is -3.92. The Morgan fingerprint density at radius 1 is 1.19 bits per heavy atom. The first kappa shape index (κ1) is 20.4. The van der Waals surface area contributed by atoms with Gasteiger partial charge in [-0.1, -0.05) is 25.0 Å². The summed E-state index contributed by atoms with van der Waals surface area (Å²) in [5.41, 5.74) is 9.50. The molecule has 3 aromatic rings. The van der Waals surface area contributed by atoms with Gasteiger partial charge in [-0.05, 0) is 24.6 Å². The molecule has 0 bridgehead atoms. The fourth-order valence-electron chi connectivity index (χ4n) is 3.86. The van der Waals surface area contributed by atoms with E-state index in [1.807, 2.05) is 24.4 Å². The van der Waals surface area contributed by atoms with Crippen LogP contribution in [0.2, 0.25) is 0 Å². The third-order valence-electron chi connectivity index (χ3n) is 5.53. The number of hydrogen-bond donors (Lipinski definition) is 1. The lowest BCUT2D eigenvalue weighted by Crippen LogP contribution is -2.19. The van der Waals surface area contributed by atoms with Crippen LogP contribution in [0.1, 0.15) is 23.6 Å². The zero-order chi connectivity index (χ0) is 22.0. The van der Waals surface area contributed by atoms with Crippen molar-refractivity contribution < 1.29 is 9.47 Å². The van der Waals surface area contributed by atoms with Gasteiger partial charge in [-0.3, -0.25) is 0 Å². The molecule has 0 radical (unpaired) electrons. The standard InChI is InChI=1S/C24H25N5O2/c1-5-16(2)28-9-8-19(14-28)29-13-18(22-23(25)26-15-27-24(22)29)7-6-17-10-20(30-3)12-21(11-17)31-4/h5,10-13,15,19H,1-2,8-9,14H2,3-4H3,(H2,25,26,27). The number of aromatic nitrogens is 3. The molecule has 0 aliphatic carbocycles. The number of nitrogens with zero attached hydrogens (tertiary/aromatic N) is 4. The fraction of sp³-hybridized carbons (Fsp3) is 0.250. The quantitative estimate of drug-likeness (QED) is 0.508. The van der Waals surface area contributed by atoms with Crippen LogP contribution in [0.25, 0.3) is 11.0 Å². The predicted molar refractivity (Wildman–Crippen MR) is 122 cm³/mol. The third kappa shape index (κ3) is 3.92. The Bertz CT molecular complexity index is 1200. The first-order valence-electron chi connectivity index (χ1n) is 9.96. The molecule has 0 amide bonds. The smallest absolute Gasteiger partial charge is 0.147 e. The second kappa shape index (κ2) is 8.44. The van der Waals surface area contributed by atoms with E-state index >= 15 is 0 Å². The molecule has 7 heteroatoms. The summed E-state index contributed by atoms with van der Waals surface area (Å²) in [6.45, 7) is 9.64. The minimum atomic E-state index is 0.237. The number of fused-ring (bicyclic) bond motifs is 1. The van der Waals surface area contributed by atoms with Crippen molar-refractivity contribution in [1.29, 1.82) is 0 Å². The second-order valence-electron chi connectivity index (χ2n) is 7.34. The topological polar surface area (TPSA) is 78.4 Å². The predicted octanol–water partition coefficient (Wildman–Crippen LogP) is 3.38. The fourth-order valence-corrected chi connectivity index (χ4v) is 3.86. The molecule has 0 spiro atoms. The van der Waals surface area contributed by atoms with Gasteiger partial charge < -0.3 is 24.7 Å². The summed E-state index contributed by atoms with van der Waals surface area (Å²) in [5, 5.41) is 0.769. The van der Waals surface area contributed by atoms with E-state index in [1.54, 1.807) is 20.3 Å². The monoisotopic (exact) mass is 415 g/mol. The van der Waals surface area contributed by atoms with Gasteiger partial charge in [0.25, 0.3) is 0 Å². The van der Waals surface area contributed by atoms with Crippen molar-refractivity contribution in [2.75, 3.05) is 33.0 Å². The van der Waals surface area contributed by atoms with Crippen LogP contribution in [0.15, 0.2) is 55.7 Å². The normalized spacial score (nSPS) is 15.4. The maximum atomic E-state index is 6.22. The van der Waals surface area contributed by atoms with Crippen LogP contribution < -0.4 is 15.2 Å². The van der Waals surface area contributed by atoms with E-state index in [4.69, 9.17) is 15.2 Å². The molecular weight excluding hydrogens is 390 g/mol. The molecular formula is C24H25N5O2. The number of anilines is 1. The Labute approximate surface area is 181 Å². The van der Waals surface area contributed by atoms with Crippen LogP contribution in [-0.2, 0) is 0 Å². The molecule has 1 fully saturated rings. The summed E-state index contributed by atoms with van der Waals surface area (Å²) in [7, 11) is 3.23. The highest BCUT2D eigenvalue weighted by atomic mass is 16.5. The lowest BCUT2D eigenvalue weighted by molar-refractivity contribution is 0.394. The Kier molecular flexibility index (Phi) is 5.54. The van der Waals surface area contributed by atoms with Gasteiger partial charge in [0.15, 0.2) is 0 Å². The van der Waals surface area contributed by atoms with Gasteiger partial charge in [-0.2, -0.15) is 0 Å². The maximum absolute atomic E-state index is 6.22. The first-order valence-corrected chi connectivity index (χ1v) is 9.96. The number of likely N-dealkylation sites (tertiary alicyclic amines) is 1. The summed E-state index contributed by atoms with van der Waals surface area (Å²) in [5.74, 6) is 8.23. The van der Waals surface area contributed by atoms with Crippen molar-refractivity contribution in [1.82, 2.24) is 19.4 Å². The summed E-state index contributed by atoms with van der Waals surface area (Å²) in [6.07, 6.45) is 6.27. The molecule has 7 nitrogen and oxygen atoms in total. The molecule has 158 valence electrons. The van der Waals surface area contributed by atoms with E-state index in [1.165, 1.54) is 6.33 Å². The average Bonchev–Trinajstić information content (AvgIpc) is 3.42. The van der Waals surface area contributed by atoms with Crippen LogP contribution in [0.5, 0.6) is 11.5 Å². The van der Waals surface area contributed by atoms with Crippen molar-refractivity contribution in [3.63, 3.8) is 0 Å². The molecule has 1 unspecified atom stereocenters. The van der Waals surface area contributed by atoms with Crippen LogP contribution >= 0.6 is 0 Å². The zero-order valence-electron chi connectivity index (χ0n) is 17.8. The highest BCUT2D eigenvalue weighted by Crippen LogP contribution is 2.31. The SMILES string of the molecule is C=CC(=C)N1CCC(n2cc(C#Cc3cc(OC)cc(OC)c3)c3c(N)ncnc32)C1. The number of nitrogens with two attached hydrogens (primary N) is 1. The van der Waals surface area contributed by atoms with Crippen LogP contribution in [-0.4, -0.2) is 46.7 Å². The number of allylic oxidation sites excluding steroid dienone is 1. The minimum Gasteiger partial charge on any atom is -0.497 e. The van der Waals surface area contributed by atoms with E-state index in [-0.39, 0.29) is 6.04 Å². The van der Waals surface area contributed by atoms with Crippen molar-refractivity contribution in [3.05, 3.63) is 66.8 Å². The van der Waals surface area contributed by atoms with Crippen molar-refractivity contribution in [3.8, 4) is 23.3 Å². The minimum absolute atomic E-state index is 0.237. The second-order valence-corrected chi connectivity index (χ2v) is 7.34. The van der Waals surface area contributed by atoms with Gasteiger partial charge in [0.05, 0.1) is 31.2 Å². The van der Waals surface area contributed by atoms with Crippen LogP contribution in [0.4, 0.5) is 5.82 Å². The summed E-state index contributed by atoms with van der Waals surface area (Å²) in [4.78, 5) is 10.9. The molecule has 1 aliphatic rings. The highest BCUT2D eigenvalue weighted by Gasteiger charge is 2.26. The molecule has 31 heavy (non-hydrogen) atoms. The van der Waals surface area contributed by atoms with E-state index in [2.05, 4.69) is 44.4 Å². The van der Waals surface area contributed by atoms with Gasteiger partial charge >= 0.3 is 0 Å². The van der Waals surface area contributed by atoms with Crippen molar-refractivity contribution >= 4 is 16.9 Å². The van der Waals surface area contributed by atoms with Crippen LogP contribution in [0, 0.1) is 11.8 Å². The largest absolute Gasteiger partial charge is 0.497 e. The molecule has 3 heterocycles. The number of rotatable bonds is 5. The number of benzene rings is 1. The summed E-state index contributed by atoms with van der Waals surface area (Å²) in [6, 6.07) is 5.78. The third-order valence-corrected chi connectivity index (χ3v) is 5.53. The average molecular weight is 415 g/mol. The zero-order valence-corrected chi connectivity index (χ0v) is 17.8. The maximum Gasteiger partial charge on any atom is 0.147 e. The number of nitrogen functional groups attached to an aromatic ring is 1. The van der Waals surface area contributed by atoms with Gasteiger partial charge in [-0.15, -0.1) is 0 Å². The lowest BCUT2D eigenvalue weighted by atomic mass is 10.1. The molecule has 2 aromatic heterocycles.